The molecule has 1 fully saturated rings. The minimum atomic E-state index is -0.769. The molecule has 1 aliphatic rings. The molecule has 0 spiro atoms. The molecule has 2 aromatic rings. The van der Waals surface area contributed by atoms with E-state index in [1.54, 1.807) is 11.0 Å². The van der Waals surface area contributed by atoms with Crippen LogP contribution in [-0.2, 0) is 11.2 Å². The predicted octanol–water partition coefficient (Wildman–Crippen LogP) is 3.84. The number of piperidine rings is 1. The molecule has 1 aliphatic heterocycles. The number of carbonyl (C=O) groups is 2. The van der Waals surface area contributed by atoms with Crippen LogP contribution in [0.3, 0.4) is 0 Å². The molecule has 132 valence electrons. The smallest absolute Gasteiger partial charge is 0.303 e. The fourth-order valence-corrected chi connectivity index (χ4v) is 3.26. The number of carboxylic acid groups (broad SMARTS) is 1. The van der Waals surface area contributed by atoms with Gasteiger partial charge in [-0.1, -0.05) is 31.2 Å². The van der Waals surface area contributed by atoms with Gasteiger partial charge in [-0.25, -0.2) is 0 Å². The van der Waals surface area contributed by atoms with E-state index in [1.807, 2.05) is 18.2 Å². The first-order chi connectivity index (χ1) is 12.1. The van der Waals surface area contributed by atoms with Gasteiger partial charge >= 0.3 is 5.97 Å². The maximum atomic E-state index is 12.6. The van der Waals surface area contributed by atoms with Gasteiger partial charge in [-0.3, -0.25) is 9.59 Å². The molecule has 5 heteroatoms. The van der Waals surface area contributed by atoms with E-state index in [-0.39, 0.29) is 18.2 Å². The Kier molecular flexibility index (Phi) is 5.22. The Labute approximate surface area is 147 Å². The summed E-state index contributed by atoms with van der Waals surface area (Å²) in [7, 11) is 0. The molecule has 0 saturated carbocycles. The summed E-state index contributed by atoms with van der Waals surface area (Å²) in [5.41, 5.74) is 2.22. The maximum absolute atomic E-state index is 12.6. The van der Waals surface area contributed by atoms with Gasteiger partial charge in [0.15, 0.2) is 5.76 Å². The van der Waals surface area contributed by atoms with E-state index < -0.39 is 5.97 Å². The first kappa shape index (κ1) is 17.3. The monoisotopic (exact) mass is 341 g/mol. The topological polar surface area (TPSA) is 70.8 Å². The molecule has 25 heavy (non-hydrogen) atoms. The Hall–Kier alpha value is -2.56. The first-order valence-corrected chi connectivity index (χ1v) is 8.77. The Balaban J connectivity index is 1.64. The lowest BCUT2D eigenvalue weighted by atomic mass is 9.93. The van der Waals surface area contributed by atoms with Crippen LogP contribution in [0.2, 0.25) is 0 Å². The quantitative estimate of drug-likeness (QED) is 0.897. The van der Waals surface area contributed by atoms with Crippen LogP contribution in [0.5, 0.6) is 0 Å². The molecule has 0 radical (unpaired) electrons. The number of likely N-dealkylation sites (tertiary alicyclic amines) is 1. The lowest BCUT2D eigenvalue weighted by molar-refractivity contribution is -0.138. The molecular formula is C20H23NO4. The van der Waals surface area contributed by atoms with Crippen molar-refractivity contribution in [2.24, 2.45) is 5.92 Å². The zero-order valence-corrected chi connectivity index (χ0v) is 14.4. The highest BCUT2D eigenvalue weighted by Gasteiger charge is 2.26. The van der Waals surface area contributed by atoms with Gasteiger partial charge in [0.2, 0.25) is 0 Å². The summed E-state index contributed by atoms with van der Waals surface area (Å²) in [5.74, 6) is 0.295. The van der Waals surface area contributed by atoms with Crippen LogP contribution in [0.15, 0.2) is 40.8 Å². The molecule has 2 heterocycles. The summed E-state index contributed by atoms with van der Waals surface area (Å²) in [6.07, 6.45) is 2.62. The molecule has 0 unspecified atom stereocenters. The molecule has 5 nitrogen and oxygen atoms in total. The number of amides is 1. The second-order valence-corrected chi connectivity index (χ2v) is 6.55. The van der Waals surface area contributed by atoms with Gasteiger partial charge < -0.3 is 14.4 Å². The average Bonchev–Trinajstić information content (AvgIpc) is 3.11. The van der Waals surface area contributed by atoms with Crippen molar-refractivity contribution in [1.29, 1.82) is 0 Å². The van der Waals surface area contributed by atoms with Crippen molar-refractivity contribution in [3.8, 4) is 11.3 Å². The summed E-state index contributed by atoms with van der Waals surface area (Å²) >= 11 is 0. The third kappa shape index (κ3) is 4.10. The van der Waals surface area contributed by atoms with Crippen LogP contribution in [0.4, 0.5) is 0 Å². The number of rotatable bonds is 5. The van der Waals surface area contributed by atoms with E-state index in [0.29, 0.717) is 24.6 Å². The molecule has 1 aromatic heterocycles. The molecule has 1 N–H and O–H groups in total. The van der Waals surface area contributed by atoms with Crippen molar-refractivity contribution in [3.63, 3.8) is 0 Å². The third-order valence-electron chi connectivity index (χ3n) is 4.83. The molecule has 1 amide bonds. The Morgan fingerprint density at radius 1 is 1.12 bits per heavy atom. The zero-order chi connectivity index (χ0) is 17.8. The van der Waals surface area contributed by atoms with Gasteiger partial charge in [-0.15, -0.1) is 0 Å². The lowest BCUT2D eigenvalue weighted by Gasteiger charge is -2.30. The number of carbonyl (C=O) groups excluding carboxylic acids is 1. The third-order valence-corrected chi connectivity index (χ3v) is 4.83. The van der Waals surface area contributed by atoms with Crippen LogP contribution in [0, 0.1) is 5.92 Å². The van der Waals surface area contributed by atoms with E-state index in [2.05, 4.69) is 19.1 Å². The van der Waals surface area contributed by atoms with Gasteiger partial charge in [0.25, 0.3) is 5.91 Å². The number of hydrogen-bond donors (Lipinski definition) is 1. The molecule has 0 bridgehead atoms. The highest BCUT2D eigenvalue weighted by molar-refractivity contribution is 5.92. The summed E-state index contributed by atoms with van der Waals surface area (Å²) in [4.78, 5) is 25.1. The minimum absolute atomic E-state index is 0.120. The number of aliphatic carboxylic acids is 1. The fourth-order valence-electron chi connectivity index (χ4n) is 3.26. The van der Waals surface area contributed by atoms with E-state index in [9.17, 15) is 9.59 Å². The second-order valence-electron chi connectivity index (χ2n) is 6.55. The van der Waals surface area contributed by atoms with Crippen LogP contribution in [0.25, 0.3) is 11.3 Å². The van der Waals surface area contributed by atoms with Gasteiger partial charge in [0.1, 0.15) is 5.76 Å². The largest absolute Gasteiger partial charge is 0.481 e. The highest BCUT2D eigenvalue weighted by atomic mass is 16.4. The molecule has 0 aliphatic carbocycles. The number of carboxylic acids is 1. The normalized spacial score (nSPS) is 15.3. The van der Waals surface area contributed by atoms with Gasteiger partial charge in [-0.05, 0) is 42.9 Å². The summed E-state index contributed by atoms with van der Waals surface area (Å²) in [6, 6.07) is 11.7. The second kappa shape index (κ2) is 7.55. The molecule has 3 rings (SSSR count). The summed E-state index contributed by atoms with van der Waals surface area (Å²) < 4.78 is 5.76. The molecule has 0 atom stereocenters. The van der Waals surface area contributed by atoms with Crippen molar-refractivity contribution in [2.45, 2.75) is 32.6 Å². The van der Waals surface area contributed by atoms with Crippen LogP contribution in [-0.4, -0.2) is 35.0 Å². The van der Waals surface area contributed by atoms with Gasteiger partial charge in [0, 0.05) is 25.1 Å². The van der Waals surface area contributed by atoms with E-state index >= 15 is 0 Å². The van der Waals surface area contributed by atoms with Crippen molar-refractivity contribution in [1.82, 2.24) is 4.90 Å². The summed E-state index contributed by atoms with van der Waals surface area (Å²) in [6.45, 7) is 3.27. The van der Waals surface area contributed by atoms with Crippen molar-refractivity contribution in [2.75, 3.05) is 13.1 Å². The average molecular weight is 341 g/mol. The maximum Gasteiger partial charge on any atom is 0.303 e. The van der Waals surface area contributed by atoms with Crippen LogP contribution in [0.1, 0.15) is 42.3 Å². The van der Waals surface area contributed by atoms with Crippen LogP contribution < -0.4 is 0 Å². The Bertz CT molecular complexity index is 739. The van der Waals surface area contributed by atoms with Crippen LogP contribution >= 0.6 is 0 Å². The van der Waals surface area contributed by atoms with Crippen molar-refractivity contribution in [3.05, 3.63) is 47.7 Å². The Morgan fingerprint density at radius 2 is 1.80 bits per heavy atom. The number of benzene rings is 1. The van der Waals surface area contributed by atoms with Crippen molar-refractivity contribution < 1.29 is 19.1 Å². The van der Waals surface area contributed by atoms with Crippen molar-refractivity contribution >= 4 is 11.9 Å². The summed E-state index contributed by atoms with van der Waals surface area (Å²) in [5, 5.41) is 8.87. The molecule has 1 saturated heterocycles. The Morgan fingerprint density at radius 3 is 2.40 bits per heavy atom. The standard InChI is InChI=1S/C20H23NO4/c1-2-14-3-5-16(6-4-14)17-7-8-18(25-17)20(24)21-11-9-15(10-12-21)13-19(22)23/h3-8,15H,2,9-13H2,1H3,(H,22,23). The highest BCUT2D eigenvalue weighted by Crippen LogP contribution is 2.26. The van der Waals surface area contributed by atoms with E-state index in [1.165, 1.54) is 5.56 Å². The minimum Gasteiger partial charge on any atom is -0.481 e. The molecular weight excluding hydrogens is 318 g/mol. The fraction of sp³-hybridized carbons (Fsp3) is 0.400. The number of furan rings is 1. The number of nitrogens with zero attached hydrogens (tertiary/aromatic N) is 1. The number of hydrogen-bond acceptors (Lipinski definition) is 3. The zero-order valence-electron chi connectivity index (χ0n) is 14.4. The first-order valence-electron chi connectivity index (χ1n) is 8.77. The van der Waals surface area contributed by atoms with E-state index in [0.717, 1.165) is 24.8 Å². The van der Waals surface area contributed by atoms with Gasteiger partial charge in [0.05, 0.1) is 0 Å². The molecule has 1 aromatic carbocycles. The van der Waals surface area contributed by atoms with E-state index in [4.69, 9.17) is 9.52 Å². The lowest BCUT2D eigenvalue weighted by Crippen LogP contribution is -2.38. The van der Waals surface area contributed by atoms with Gasteiger partial charge in [-0.2, -0.15) is 0 Å². The number of aryl methyl sites for hydroxylation is 1. The predicted molar refractivity (Wildman–Crippen MR) is 94.4 cm³/mol. The SMILES string of the molecule is CCc1ccc(-c2ccc(C(=O)N3CCC(CC(=O)O)CC3)o2)cc1.